The fraction of sp³-hybridized carbons (Fsp3) is 0.895. The highest BCUT2D eigenvalue weighted by Gasteiger charge is 2.40. The molecule has 0 unspecified atom stereocenters. The molecule has 1 N–H and O–H groups in total. The highest BCUT2D eigenvalue weighted by atomic mass is 32.2. The smallest absolute Gasteiger partial charge is 0.325 e. The Morgan fingerprint density at radius 1 is 1.00 bits per heavy atom. The van der Waals surface area contributed by atoms with E-state index >= 15 is 0 Å². The third kappa shape index (κ3) is 10.7. The predicted molar refractivity (Wildman–Crippen MR) is 113 cm³/mol. The lowest BCUT2D eigenvalue weighted by Crippen LogP contribution is -2.55. The second-order valence-corrected chi connectivity index (χ2v) is 9.60. The molecule has 0 fully saturated rings. The Morgan fingerprint density at radius 3 is 2.08 bits per heavy atom. The summed E-state index contributed by atoms with van der Waals surface area (Å²) in [4.78, 5) is 24.7. The number of ether oxygens (including phenoxy) is 2. The number of hydrogen-bond acceptors (Lipinski definition) is 7. The van der Waals surface area contributed by atoms with Crippen LogP contribution in [0.4, 0.5) is 0 Å². The van der Waals surface area contributed by atoms with Crippen LogP contribution in [0, 0.1) is 0 Å². The first kappa shape index (κ1) is 25.6. The first-order chi connectivity index (χ1) is 11.9. The van der Waals surface area contributed by atoms with Gasteiger partial charge in [0.15, 0.2) is 0 Å². The summed E-state index contributed by atoms with van der Waals surface area (Å²) in [7, 11) is 0. The molecular formula is C19H37NO4S2. The maximum absolute atomic E-state index is 12.4. The van der Waals surface area contributed by atoms with Gasteiger partial charge in [0.05, 0.1) is 10.7 Å². The van der Waals surface area contributed by atoms with Crippen LogP contribution in [0.5, 0.6) is 0 Å². The van der Waals surface area contributed by atoms with Gasteiger partial charge in [0, 0.05) is 0 Å². The lowest BCUT2D eigenvalue weighted by molar-refractivity contribution is -0.157. The first-order valence-corrected chi connectivity index (χ1v) is 10.4. The number of unbranched alkanes of at least 4 members (excludes halogenated alkanes) is 4. The molecule has 0 heterocycles. The van der Waals surface area contributed by atoms with Gasteiger partial charge in [0.25, 0.3) is 0 Å². The van der Waals surface area contributed by atoms with Crippen molar-refractivity contribution >= 4 is 37.2 Å². The van der Waals surface area contributed by atoms with E-state index in [9.17, 15) is 9.59 Å². The molecule has 0 spiro atoms. The van der Waals surface area contributed by atoms with Crippen LogP contribution in [0.1, 0.15) is 80.1 Å². The molecule has 0 aromatic heterocycles. The molecule has 0 aromatic carbocycles. The quantitative estimate of drug-likeness (QED) is 0.196. The number of esters is 2. The molecule has 0 rings (SSSR count). The van der Waals surface area contributed by atoms with E-state index in [-0.39, 0.29) is 6.61 Å². The van der Waals surface area contributed by atoms with Crippen molar-refractivity contribution < 1.29 is 19.1 Å². The average Bonchev–Trinajstić information content (AvgIpc) is 2.50. The molecule has 0 aliphatic heterocycles. The molecule has 5 nitrogen and oxygen atoms in total. The molecule has 0 radical (unpaired) electrons. The summed E-state index contributed by atoms with van der Waals surface area (Å²) in [6.45, 7) is 11.2. The van der Waals surface area contributed by atoms with E-state index in [1.807, 2.05) is 0 Å². The normalized spacial score (nSPS) is 14.6. The van der Waals surface area contributed by atoms with Gasteiger partial charge in [0.1, 0.15) is 17.7 Å². The number of thiol groups is 2. The Labute approximate surface area is 170 Å². The Morgan fingerprint density at radius 2 is 1.58 bits per heavy atom. The van der Waals surface area contributed by atoms with Crippen molar-refractivity contribution in [3.05, 3.63) is 0 Å². The minimum Gasteiger partial charge on any atom is -0.465 e. The molecule has 0 aliphatic rings. The third-order valence-corrected chi connectivity index (χ3v) is 4.77. The van der Waals surface area contributed by atoms with Gasteiger partial charge in [0.2, 0.25) is 0 Å². The van der Waals surface area contributed by atoms with Crippen molar-refractivity contribution in [3.8, 4) is 0 Å². The van der Waals surface area contributed by atoms with Gasteiger partial charge in [-0.3, -0.25) is 14.9 Å². The summed E-state index contributed by atoms with van der Waals surface area (Å²) in [5, 5.41) is 3.01. The van der Waals surface area contributed by atoms with Crippen molar-refractivity contribution in [2.45, 2.75) is 102 Å². The average molecular weight is 408 g/mol. The fourth-order valence-corrected chi connectivity index (χ4v) is 3.13. The summed E-state index contributed by atoms with van der Waals surface area (Å²) < 4.78 is 9.62. The second kappa shape index (κ2) is 12.1. The highest BCUT2D eigenvalue weighted by Crippen LogP contribution is 2.32. The van der Waals surface area contributed by atoms with E-state index in [0.29, 0.717) is 6.42 Å². The minimum atomic E-state index is -0.922. The molecule has 7 heteroatoms. The van der Waals surface area contributed by atoms with Crippen molar-refractivity contribution in [1.29, 1.82) is 0 Å². The molecule has 2 atom stereocenters. The lowest BCUT2D eigenvalue weighted by atomic mass is 10.0. The standard InChI is InChI=1S/C19H37NO4S2/c1-7-9-10-11-12-13-19(25,26)15(17(22)23-8-2)20-14(3)16(21)24-18(4,5)6/h14-15,20,25-26H,7-13H2,1-6H3/t14-,15+/m0/s1. The topological polar surface area (TPSA) is 64.6 Å². The number of carbonyl (C=O) groups is 2. The maximum Gasteiger partial charge on any atom is 0.325 e. The van der Waals surface area contributed by atoms with Crippen LogP contribution >= 0.6 is 25.3 Å². The maximum atomic E-state index is 12.4. The van der Waals surface area contributed by atoms with Crippen LogP contribution in [-0.2, 0) is 19.1 Å². The number of hydrogen-bond donors (Lipinski definition) is 3. The van der Waals surface area contributed by atoms with Crippen molar-refractivity contribution in [2.24, 2.45) is 0 Å². The monoisotopic (exact) mass is 407 g/mol. The fourth-order valence-electron chi connectivity index (χ4n) is 2.46. The van der Waals surface area contributed by atoms with Crippen molar-refractivity contribution in [3.63, 3.8) is 0 Å². The molecule has 0 amide bonds. The zero-order valence-electron chi connectivity index (χ0n) is 17.1. The van der Waals surface area contributed by atoms with Crippen LogP contribution in [0.2, 0.25) is 0 Å². The lowest BCUT2D eigenvalue weighted by Gasteiger charge is -2.33. The predicted octanol–water partition coefficient (Wildman–Crippen LogP) is 4.15. The van der Waals surface area contributed by atoms with Gasteiger partial charge >= 0.3 is 11.9 Å². The summed E-state index contributed by atoms with van der Waals surface area (Å²) in [6, 6.07) is -1.50. The third-order valence-electron chi connectivity index (χ3n) is 3.81. The SMILES string of the molecule is CCCCCCCC(S)(S)[C@H](N[C@@H](C)C(=O)OC(C)(C)C)C(=O)OCC. The zero-order valence-corrected chi connectivity index (χ0v) is 18.9. The largest absolute Gasteiger partial charge is 0.465 e. The van der Waals surface area contributed by atoms with E-state index in [0.717, 1.165) is 19.3 Å². The molecule has 154 valence electrons. The summed E-state index contributed by atoms with van der Waals surface area (Å²) >= 11 is 9.23. The Kier molecular flexibility index (Phi) is 11.9. The van der Waals surface area contributed by atoms with Gasteiger partial charge in [-0.05, 0) is 41.0 Å². The molecule has 0 saturated carbocycles. The summed E-state index contributed by atoms with van der Waals surface area (Å²) in [5.41, 5.74) is -0.593. The summed E-state index contributed by atoms with van der Waals surface area (Å²) in [6.07, 6.45) is 6.12. The van der Waals surface area contributed by atoms with E-state index in [1.165, 1.54) is 12.8 Å². The van der Waals surface area contributed by atoms with Gasteiger partial charge in [-0.15, -0.1) is 0 Å². The zero-order chi connectivity index (χ0) is 20.4. The Hall–Kier alpha value is -0.400. The minimum absolute atomic E-state index is 0.256. The molecule has 0 aliphatic carbocycles. The van der Waals surface area contributed by atoms with E-state index in [4.69, 9.17) is 9.47 Å². The van der Waals surface area contributed by atoms with Gasteiger partial charge in [-0.2, -0.15) is 25.3 Å². The highest BCUT2D eigenvalue weighted by molar-refractivity contribution is 8.00. The van der Waals surface area contributed by atoms with E-state index in [1.54, 1.807) is 34.6 Å². The first-order valence-electron chi connectivity index (χ1n) is 9.55. The van der Waals surface area contributed by atoms with Crippen molar-refractivity contribution in [1.82, 2.24) is 5.32 Å². The van der Waals surface area contributed by atoms with Crippen LogP contribution in [0.25, 0.3) is 0 Å². The molecule has 26 heavy (non-hydrogen) atoms. The number of carbonyl (C=O) groups excluding carboxylic acids is 2. The second-order valence-electron chi connectivity index (χ2n) is 7.65. The van der Waals surface area contributed by atoms with Crippen LogP contribution < -0.4 is 5.32 Å². The van der Waals surface area contributed by atoms with Crippen molar-refractivity contribution in [2.75, 3.05) is 6.61 Å². The van der Waals surface area contributed by atoms with Gasteiger partial charge in [-0.25, -0.2) is 0 Å². The molecular weight excluding hydrogens is 370 g/mol. The van der Waals surface area contributed by atoms with Crippen LogP contribution in [0.3, 0.4) is 0 Å². The summed E-state index contributed by atoms with van der Waals surface area (Å²) in [5.74, 6) is -0.881. The van der Waals surface area contributed by atoms with Crippen LogP contribution in [-0.4, -0.2) is 40.3 Å². The molecule has 0 aromatic rings. The van der Waals surface area contributed by atoms with Crippen LogP contribution in [0.15, 0.2) is 0 Å². The van der Waals surface area contributed by atoms with Gasteiger partial charge in [-0.1, -0.05) is 39.0 Å². The van der Waals surface area contributed by atoms with E-state index in [2.05, 4.69) is 37.5 Å². The number of nitrogens with one attached hydrogen (secondary N) is 1. The Bertz CT molecular complexity index is 436. The van der Waals surface area contributed by atoms with Gasteiger partial charge < -0.3 is 9.47 Å². The Balaban J connectivity index is 4.97. The van der Waals surface area contributed by atoms with E-state index < -0.39 is 33.7 Å². The molecule has 0 saturated heterocycles. The molecule has 0 bridgehead atoms. The number of rotatable bonds is 12.